The number of aromatic amines is 1. The van der Waals surface area contributed by atoms with Gasteiger partial charge < -0.3 is 10.2 Å². The molecule has 0 unspecified atom stereocenters. The monoisotopic (exact) mass is 391 g/mol. The quantitative estimate of drug-likeness (QED) is 0.811. The zero-order valence-electron chi connectivity index (χ0n) is 16.0. The van der Waals surface area contributed by atoms with Crippen molar-refractivity contribution in [1.82, 2.24) is 20.1 Å². The fourth-order valence-electron chi connectivity index (χ4n) is 4.33. The highest BCUT2D eigenvalue weighted by atomic mass is 19.3. The van der Waals surface area contributed by atoms with Gasteiger partial charge in [0.25, 0.3) is 5.92 Å². The third-order valence-electron chi connectivity index (χ3n) is 5.82. The van der Waals surface area contributed by atoms with Crippen molar-refractivity contribution in [1.29, 1.82) is 0 Å². The van der Waals surface area contributed by atoms with Gasteiger partial charge in [-0.25, -0.2) is 13.8 Å². The van der Waals surface area contributed by atoms with Crippen LogP contribution in [0, 0.1) is 0 Å². The number of carbonyl (C=O) groups excluding carboxylic acids is 1. The van der Waals surface area contributed by atoms with E-state index in [1.54, 1.807) is 6.20 Å². The highest BCUT2D eigenvalue weighted by molar-refractivity contribution is 5.92. The third-order valence-corrected chi connectivity index (χ3v) is 5.82. The first-order chi connectivity index (χ1) is 13.5. The Kier molecular flexibility index (Phi) is 5.46. The normalized spacial score (nSPS) is 20.4. The van der Waals surface area contributed by atoms with Gasteiger partial charge in [-0.15, -0.1) is 0 Å². The SMILES string of the molecule is O=C(CCc1[nH]nc2ccnc(NC3CCCCC3)c12)N1CCCC(F)(F)C1. The van der Waals surface area contributed by atoms with E-state index in [9.17, 15) is 13.6 Å². The molecule has 1 amide bonds. The van der Waals surface area contributed by atoms with Crippen LogP contribution in [0.3, 0.4) is 0 Å². The van der Waals surface area contributed by atoms with Crippen molar-refractivity contribution in [3.05, 3.63) is 18.0 Å². The van der Waals surface area contributed by atoms with E-state index >= 15 is 0 Å². The molecule has 2 fully saturated rings. The molecule has 0 atom stereocenters. The Morgan fingerprint density at radius 3 is 2.89 bits per heavy atom. The van der Waals surface area contributed by atoms with Crippen molar-refractivity contribution < 1.29 is 13.6 Å². The van der Waals surface area contributed by atoms with E-state index in [0.717, 1.165) is 35.3 Å². The second kappa shape index (κ2) is 8.01. The number of aryl methyl sites for hydroxylation is 1. The zero-order valence-corrected chi connectivity index (χ0v) is 16.0. The minimum absolute atomic E-state index is 0.135. The molecule has 2 aromatic rings. The number of alkyl halides is 2. The van der Waals surface area contributed by atoms with Crippen LogP contribution in [0.1, 0.15) is 57.1 Å². The molecule has 3 heterocycles. The molecule has 6 nitrogen and oxygen atoms in total. The molecule has 2 aliphatic rings. The first-order valence-corrected chi connectivity index (χ1v) is 10.3. The maximum atomic E-state index is 13.6. The summed E-state index contributed by atoms with van der Waals surface area (Å²) in [6.45, 7) is -0.0558. The first kappa shape index (κ1) is 19.1. The van der Waals surface area contributed by atoms with Gasteiger partial charge in [-0.3, -0.25) is 9.89 Å². The van der Waals surface area contributed by atoms with Crippen LogP contribution in [-0.4, -0.2) is 51.0 Å². The van der Waals surface area contributed by atoms with E-state index in [2.05, 4.69) is 20.5 Å². The first-order valence-electron chi connectivity index (χ1n) is 10.3. The van der Waals surface area contributed by atoms with E-state index in [1.807, 2.05) is 6.07 Å². The average Bonchev–Trinajstić information content (AvgIpc) is 3.10. The van der Waals surface area contributed by atoms with Crippen molar-refractivity contribution in [2.75, 3.05) is 18.4 Å². The van der Waals surface area contributed by atoms with Crippen LogP contribution >= 0.6 is 0 Å². The van der Waals surface area contributed by atoms with E-state index in [0.29, 0.717) is 25.4 Å². The Bertz CT molecular complexity index is 831. The number of pyridine rings is 1. The number of rotatable bonds is 5. The molecule has 8 heteroatoms. The fraction of sp³-hybridized carbons (Fsp3) is 0.650. The van der Waals surface area contributed by atoms with Gasteiger partial charge in [0.15, 0.2) is 0 Å². The predicted molar refractivity (Wildman–Crippen MR) is 103 cm³/mol. The average molecular weight is 391 g/mol. The molecule has 2 N–H and O–H groups in total. The summed E-state index contributed by atoms with van der Waals surface area (Å²) in [5, 5.41) is 11.8. The van der Waals surface area contributed by atoms with Gasteiger partial charge in [0, 0.05) is 37.3 Å². The molecule has 4 rings (SSSR count). The number of hydrogen-bond donors (Lipinski definition) is 2. The summed E-state index contributed by atoms with van der Waals surface area (Å²) in [6, 6.07) is 2.25. The summed E-state index contributed by atoms with van der Waals surface area (Å²) >= 11 is 0. The largest absolute Gasteiger partial charge is 0.367 e. The van der Waals surface area contributed by atoms with E-state index in [1.165, 1.54) is 24.2 Å². The maximum Gasteiger partial charge on any atom is 0.265 e. The predicted octanol–water partition coefficient (Wildman–Crippen LogP) is 3.89. The molecule has 152 valence electrons. The number of hydrogen-bond acceptors (Lipinski definition) is 4. The molecule has 2 aromatic heterocycles. The van der Waals surface area contributed by atoms with Crippen molar-refractivity contribution in [3.63, 3.8) is 0 Å². The Morgan fingerprint density at radius 1 is 1.29 bits per heavy atom. The number of amides is 1. The number of carbonyl (C=O) groups is 1. The molecule has 1 aliphatic heterocycles. The Balaban J connectivity index is 1.45. The number of likely N-dealkylation sites (tertiary alicyclic amines) is 1. The lowest BCUT2D eigenvalue weighted by atomic mass is 9.95. The molecule has 0 radical (unpaired) electrons. The molecule has 1 saturated carbocycles. The highest BCUT2D eigenvalue weighted by Gasteiger charge is 2.36. The molecular formula is C20H27F2N5O. The zero-order chi connectivity index (χ0) is 19.6. The van der Waals surface area contributed by atoms with Crippen LogP contribution in [0.2, 0.25) is 0 Å². The van der Waals surface area contributed by atoms with Crippen LogP contribution in [0.5, 0.6) is 0 Å². The number of aromatic nitrogens is 3. The molecule has 1 aliphatic carbocycles. The topological polar surface area (TPSA) is 73.9 Å². The van der Waals surface area contributed by atoms with Crippen LogP contribution in [-0.2, 0) is 11.2 Å². The summed E-state index contributed by atoms with van der Waals surface area (Å²) in [5.74, 6) is -2.20. The summed E-state index contributed by atoms with van der Waals surface area (Å²) in [5.41, 5.74) is 1.64. The van der Waals surface area contributed by atoms with E-state index < -0.39 is 12.5 Å². The number of nitrogens with zero attached hydrogens (tertiary/aromatic N) is 3. The third kappa shape index (κ3) is 4.25. The molecule has 1 saturated heterocycles. The molecule has 0 spiro atoms. The number of anilines is 1. The van der Waals surface area contributed by atoms with Crippen LogP contribution < -0.4 is 5.32 Å². The van der Waals surface area contributed by atoms with Gasteiger partial charge in [0.1, 0.15) is 5.82 Å². The lowest BCUT2D eigenvalue weighted by Crippen LogP contribution is -2.45. The van der Waals surface area contributed by atoms with Crippen molar-refractivity contribution in [3.8, 4) is 0 Å². The van der Waals surface area contributed by atoms with Crippen LogP contribution in [0.25, 0.3) is 10.9 Å². The lowest BCUT2D eigenvalue weighted by molar-refractivity contribution is -0.141. The number of H-pyrrole nitrogens is 1. The van der Waals surface area contributed by atoms with Gasteiger partial charge in [0.05, 0.1) is 17.4 Å². The number of piperidine rings is 1. The second-order valence-corrected chi connectivity index (χ2v) is 8.01. The van der Waals surface area contributed by atoms with Gasteiger partial charge in [-0.05, 0) is 31.7 Å². The van der Waals surface area contributed by atoms with Gasteiger partial charge in [-0.2, -0.15) is 5.10 Å². The standard InChI is InChI=1S/C20H27F2N5O/c21-20(22)10-4-12-27(13-20)17(28)8-7-15-18-16(26-25-15)9-11-23-19(18)24-14-5-2-1-3-6-14/h9,11,14H,1-8,10,12-13H2,(H,23,24)(H,25,26). The van der Waals surface area contributed by atoms with Crippen LogP contribution in [0.4, 0.5) is 14.6 Å². The Morgan fingerprint density at radius 2 is 2.11 bits per heavy atom. The molecule has 28 heavy (non-hydrogen) atoms. The summed E-state index contributed by atoms with van der Waals surface area (Å²) in [4.78, 5) is 18.2. The highest BCUT2D eigenvalue weighted by Crippen LogP contribution is 2.29. The minimum Gasteiger partial charge on any atom is -0.367 e. The number of fused-ring (bicyclic) bond motifs is 1. The Labute approximate surface area is 163 Å². The van der Waals surface area contributed by atoms with Crippen molar-refractivity contribution in [2.45, 2.75) is 69.8 Å². The van der Waals surface area contributed by atoms with E-state index in [-0.39, 0.29) is 18.7 Å². The minimum atomic E-state index is -2.77. The smallest absolute Gasteiger partial charge is 0.265 e. The molecular weight excluding hydrogens is 364 g/mol. The molecule has 0 bridgehead atoms. The molecule has 0 aromatic carbocycles. The van der Waals surface area contributed by atoms with Gasteiger partial charge in [-0.1, -0.05) is 19.3 Å². The fourth-order valence-corrected chi connectivity index (χ4v) is 4.33. The number of halogens is 2. The van der Waals surface area contributed by atoms with Gasteiger partial charge >= 0.3 is 0 Å². The van der Waals surface area contributed by atoms with Crippen LogP contribution in [0.15, 0.2) is 12.3 Å². The maximum absolute atomic E-state index is 13.6. The second-order valence-electron chi connectivity index (χ2n) is 8.01. The Hall–Kier alpha value is -2.25. The number of nitrogens with one attached hydrogen (secondary N) is 2. The summed E-state index contributed by atoms with van der Waals surface area (Å²) in [6.07, 6.45) is 8.56. The van der Waals surface area contributed by atoms with Gasteiger partial charge in [0.2, 0.25) is 5.91 Å². The summed E-state index contributed by atoms with van der Waals surface area (Å²) in [7, 11) is 0. The van der Waals surface area contributed by atoms with Crippen molar-refractivity contribution in [2.24, 2.45) is 0 Å². The summed E-state index contributed by atoms with van der Waals surface area (Å²) < 4.78 is 27.2. The van der Waals surface area contributed by atoms with Crippen molar-refractivity contribution >= 4 is 22.6 Å². The van der Waals surface area contributed by atoms with E-state index in [4.69, 9.17) is 0 Å². The lowest BCUT2D eigenvalue weighted by Gasteiger charge is -2.32.